The summed E-state index contributed by atoms with van der Waals surface area (Å²) in [4.78, 5) is 52.6. The number of benzene rings is 3. The highest BCUT2D eigenvalue weighted by atomic mass is 16.5. The third kappa shape index (κ3) is 8.38. The lowest BCUT2D eigenvalue weighted by molar-refractivity contribution is -0.141. The van der Waals surface area contributed by atoms with Crippen molar-refractivity contribution < 1.29 is 19.1 Å². The largest absolute Gasteiger partial charge is 0.468 e. The Balaban J connectivity index is 1.15. The number of esters is 1. The van der Waals surface area contributed by atoms with Gasteiger partial charge in [0.15, 0.2) is 0 Å². The predicted octanol–water partition coefficient (Wildman–Crippen LogP) is 3.89. The number of aromatic nitrogens is 2. The van der Waals surface area contributed by atoms with Gasteiger partial charge in [0.2, 0.25) is 5.91 Å². The molecule has 1 saturated heterocycles. The number of aryl methyl sites for hydroxylation is 1. The fourth-order valence-corrected chi connectivity index (χ4v) is 6.00. The van der Waals surface area contributed by atoms with Crippen LogP contribution in [-0.4, -0.2) is 65.3 Å². The minimum atomic E-state index is -0.573. The molecule has 5 rings (SSSR count). The second-order valence-corrected chi connectivity index (χ2v) is 11.6. The molecule has 4 aromatic rings. The van der Waals surface area contributed by atoms with Crippen LogP contribution in [0.4, 0.5) is 0 Å². The van der Waals surface area contributed by atoms with Crippen LogP contribution < -0.4 is 16.6 Å². The lowest BCUT2D eigenvalue weighted by atomic mass is 10.00. The average molecular weight is 627 g/mol. The number of rotatable bonds is 14. The number of hydrogen-bond acceptors (Lipinski definition) is 7. The first-order valence-corrected chi connectivity index (χ1v) is 16.0. The fourth-order valence-electron chi connectivity index (χ4n) is 6.00. The van der Waals surface area contributed by atoms with Crippen LogP contribution in [-0.2, 0) is 32.2 Å². The van der Waals surface area contributed by atoms with Gasteiger partial charge in [-0.2, -0.15) is 0 Å². The topological polar surface area (TPSA) is 112 Å². The first kappa shape index (κ1) is 32.8. The molecule has 0 aliphatic carbocycles. The van der Waals surface area contributed by atoms with Gasteiger partial charge in [0.1, 0.15) is 12.6 Å². The number of ether oxygens (including phenoxy) is 2. The maximum Gasteiger partial charge on any atom is 0.331 e. The Morgan fingerprint density at radius 1 is 0.804 bits per heavy atom. The zero-order valence-corrected chi connectivity index (χ0v) is 26.3. The van der Waals surface area contributed by atoms with E-state index in [1.54, 1.807) is 22.8 Å². The number of unbranched alkanes of at least 4 members (excludes halogenated alkanes) is 1. The summed E-state index contributed by atoms with van der Waals surface area (Å²) in [6.45, 7) is 2.93. The van der Waals surface area contributed by atoms with Crippen molar-refractivity contribution in [2.24, 2.45) is 0 Å². The quantitative estimate of drug-likeness (QED) is 0.167. The van der Waals surface area contributed by atoms with Gasteiger partial charge in [-0.1, -0.05) is 72.8 Å². The van der Waals surface area contributed by atoms with Gasteiger partial charge in [-0.05, 0) is 55.5 Å². The molecule has 0 saturated carbocycles. The molecule has 1 aliphatic rings. The van der Waals surface area contributed by atoms with Crippen LogP contribution in [0.2, 0.25) is 0 Å². The molecule has 1 N–H and O–H groups in total. The molecule has 0 radical (unpaired) electrons. The van der Waals surface area contributed by atoms with Crippen LogP contribution in [0.25, 0.3) is 10.9 Å². The maximum atomic E-state index is 13.4. The molecular formula is C36H42N4O6. The van der Waals surface area contributed by atoms with Crippen LogP contribution in [0, 0.1) is 0 Å². The van der Waals surface area contributed by atoms with Crippen molar-refractivity contribution in [2.75, 3.05) is 33.3 Å². The summed E-state index contributed by atoms with van der Waals surface area (Å²) >= 11 is 0. The van der Waals surface area contributed by atoms with Crippen LogP contribution in [0.3, 0.4) is 0 Å². The summed E-state index contributed by atoms with van der Waals surface area (Å²) in [5.74, 6) is -1.02. The van der Waals surface area contributed by atoms with E-state index >= 15 is 0 Å². The molecule has 46 heavy (non-hydrogen) atoms. The van der Waals surface area contributed by atoms with E-state index < -0.39 is 23.1 Å². The lowest BCUT2D eigenvalue weighted by Gasteiger charge is -2.34. The first-order valence-electron chi connectivity index (χ1n) is 16.0. The number of piperidine rings is 1. The molecule has 1 fully saturated rings. The molecule has 0 atom stereocenters. The van der Waals surface area contributed by atoms with Gasteiger partial charge in [0.05, 0.1) is 24.1 Å². The Morgan fingerprint density at radius 3 is 2.07 bits per heavy atom. The van der Waals surface area contributed by atoms with Gasteiger partial charge in [0.25, 0.3) is 5.56 Å². The van der Waals surface area contributed by atoms with E-state index in [9.17, 15) is 19.2 Å². The van der Waals surface area contributed by atoms with Crippen molar-refractivity contribution in [1.82, 2.24) is 19.4 Å². The number of para-hydroxylation sites is 1. The van der Waals surface area contributed by atoms with Gasteiger partial charge in [0, 0.05) is 32.6 Å². The smallest absolute Gasteiger partial charge is 0.331 e. The highest BCUT2D eigenvalue weighted by Gasteiger charge is 2.24. The Morgan fingerprint density at radius 2 is 1.41 bits per heavy atom. The minimum absolute atomic E-state index is 0.0814. The van der Waals surface area contributed by atoms with E-state index in [1.165, 1.54) is 7.11 Å². The Kier molecular flexibility index (Phi) is 11.5. The number of methoxy groups -OCH3 is 1. The number of hydrogen-bond donors (Lipinski definition) is 1. The lowest BCUT2D eigenvalue weighted by Crippen LogP contribution is -2.41. The van der Waals surface area contributed by atoms with E-state index in [2.05, 4.69) is 63.5 Å². The molecule has 2 heterocycles. The summed E-state index contributed by atoms with van der Waals surface area (Å²) in [6, 6.07) is 27.8. The Hall–Kier alpha value is -4.54. The monoisotopic (exact) mass is 626 g/mol. The molecule has 0 spiro atoms. The minimum Gasteiger partial charge on any atom is -0.468 e. The summed E-state index contributed by atoms with van der Waals surface area (Å²) in [6.07, 6.45) is 3.55. The van der Waals surface area contributed by atoms with E-state index in [0.717, 1.165) is 61.0 Å². The van der Waals surface area contributed by atoms with Crippen LogP contribution >= 0.6 is 0 Å². The highest BCUT2D eigenvalue weighted by Crippen LogP contribution is 2.30. The van der Waals surface area contributed by atoms with E-state index in [1.807, 2.05) is 18.2 Å². The molecule has 10 nitrogen and oxygen atoms in total. The van der Waals surface area contributed by atoms with Gasteiger partial charge in [-0.3, -0.25) is 23.5 Å². The molecule has 1 amide bonds. The standard InChI is InChI=1S/C36H42N4O6/c1-45-33(42)26-37-32(41)20-25-40-35(43)30-16-8-9-17-31(30)39(36(40)44)22-11-10-21-38-23-18-29(19-24-38)46-34(27-12-4-2-5-13-27)28-14-6-3-7-15-28/h2-9,12-17,29,34H,10-11,18-26H2,1H3,(H,37,41). The normalized spacial score (nSPS) is 14.0. The van der Waals surface area contributed by atoms with E-state index in [0.29, 0.717) is 17.4 Å². The summed E-state index contributed by atoms with van der Waals surface area (Å²) in [7, 11) is 1.23. The average Bonchev–Trinajstić information content (AvgIpc) is 3.10. The molecule has 10 heteroatoms. The number of carbonyl (C=O) groups is 2. The van der Waals surface area contributed by atoms with E-state index in [-0.39, 0.29) is 31.7 Å². The second kappa shape index (κ2) is 16.1. The number of fused-ring (bicyclic) bond motifs is 1. The number of nitrogens with zero attached hydrogens (tertiary/aromatic N) is 3. The van der Waals surface area contributed by atoms with Crippen molar-refractivity contribution >= 4 is 22.8 Å². The second-order valence-electron chi connectivity index (χ2n) is 11.6. The van der Waals surface area contributed by atoms with Crippen LogP contribution in [0.5, 0.6) is 0 Å². The molecule has 0 bridgehead atoms. The third-order valence-corrected chi connectivity index (χ3v) is 8.53. The van der Waals surface area contributed by atoms with Gasteiger partial charge < -0.3 is 19.7 Å². The van der Waals surface area contributed by atoms with Crippen molar-refractivity contribution in [3.63, 3.8) is 0 Å². The molecular weight excluding hydrogens is 584 g/mol. The predicted molar refractivity (Wildman–Crippen MR) is 177 cm³/mol. The van der Waals surface area contributed by atoms with Crippen LogP contribution in [0.1, 0.15) is 49.3 Å². The van der Waals surface area contributed by atoms with Crippen molar-refractivity contribution in [2.45, 2.75) is 57.4 Å². The van der Waals surface area contributed by atoms with Gasteiger partial charge in [-0.15, -0.1) is 0 Å². The highest BCUT2D eigenvalue weighted by molar-refractivity contribution is 5.82. The van der Waals surface area contributed by atoms with E-state index in [4.69, 9.17) is 4.74 Å². The summed E-state index contributed by atoms with van der Waals surface area (Å²) < 4.78 is 14.0. The Bertz CT molecular complexity index is 1670. The number of carbonyl (C=O) groups excluding carboxylic acids is 2. The molecule has 3 aromatic carbocycles. The number of nitrogens with one attached hydrogen (secondary N) is 1. The molecule has 242 valence electrons. The Labute approximate surface area is 268 Å². The van der Waals surface area contributed by atoms with Crippen molar-refractivity contribution in [3.8, 4) is 0 Å². The summed E-state index contributed by atoms with van der Waals surface area (Å²) in [5.41, 5.74) is 2.05. The van der Waals surface area contributed by atoms with Crippen molar-refractivity contribution in [3.05, 3.63) is 117 Å². The van der Waals surface area contributed by atoms with Crippen LogP contribution in [0.15, 0.2) is 94.5 Å². The summed E-state index contributed by atoms with van der Waals surface area (Å²) in [5, 5.41) is 2.88. The molecule has 1 aliphatic heterocycles. The van der Waals surface area contributed by atoms with Crippen molar-refractivity contribution in [1.29, 1.82) is 0 Å². The maximum absolute atomic E-state index is 13.4. The number of amides is 1. The van der Waals surface area contributed by atoms with Gasteiger partial charge >= 0.3 is 11.7 Å². The van der Waals surface area contributed by atoms with Gasteiger partial charge in [-0.25, -0.2) is 4.79 Å². The number of likely N-dealkylation sites (tertiary alicyclic amines) is 1. The molecule has 0 unspecified atom stereocenters. The zero-order chi connectivity index (χ0) is 32.3. The zero-order valence-electron chi connectivity index (χ0n) is 26.3. The SMILES string of the molecule is COC(=O)CNC(=O)CCn1c(=O)c2ccccc2n(CCCCN2CCC(OC(c3ccccc3)c3ccccc3)CC2)c1=O. The first-order chi connectivity index (χ1) is 22.4. The third-order valence-electron chi connectivity index (χ3n) is 8.53. The fraction of sp³-hybridized carbons (Fsp3) is 0.389. The molecule has 1 aromatic heterocycles.